The van der Waals surface area contributed by atoms with Gasteiger partial charge in [-0.3, -0.25) is 0 Å². The van der Waals surface area contributed by atoms with E-state index >= 15 is 0 Å². The summed E-state index contributed by atoms with van der Waals surface area (Å²) in [6.07, 6.45) is 0. The molecule has 0 radical (unpaired) electrons. The lowest BCUT2D eigenvalue weighted by Gasteiger charge is -2.14. The molecule has 0 atom stereocenters. The number of nitrogens with zero attached hydrogens (tertiary/aromatic N) is 3. The Morgan fingerprint density at radius 2 is 1.80 bits per heavy atom. The summed E-state index contributed by atoms with van der Waals surface area (Å²) >= 11 is 6.72. The van der Waals surface area contributed by atoms with E-state index in [1.165, 1.54) is 11.5 Å². The summed E-state index contributed by atoms with van der Waals surface area (Å²) in [5.41, 5.74) is 5.25. The van der Waals surface area contributed by atoms with Gasteiger partial charge < -0.3 is 15.5 Å². The first-order valence-electron chi connectivity index (χ1n) is 7.80. The smallest absolute Gasteiger partial charge is 0.171 e. The second-order valence-corrected chi connectivity index (χ2v) is 6.75. The molecule has 0 saturated carbocycles. The highest BCUT2D eigenvalue weighted by Crippen LogP contribution is 2.18. The average molecular weight is 370 g/mol. The third-order valence-corrected chi connectivity index (χ3v) is 4.46. The van der Waals surface area contributed by atoms with E-state index < -0.39 is 0 Å². The Bertz CT molecular complexity index is 812. The van der Waals surface area contributed by atoms with Crippen LogP contribution in [0.15, 0.2) is 53.9 Å². The number of hydrogen-bond acceptors (Lipinski definition) is 5. The molecule has 0 aliphatic rings. The maximum Gasteiger partial charge on any atom is 0.171 e. The predicted octanol–water partition coefficient (Wildman–Crippen LogP) is 3.76. The zero-order chi connectivity index (χ0) is 17.6. The van der Waals surface area contributed by atoms with Gasteiger partial charge in [0.1, 0.15) is 5.69 Å². The first kappa shape index (κ1) is 17.3. The molecule has 5 nitrogen and oxygen atoms in total. The first-order valence-corrected chi connectivity index (χ1v) is 9.05. The van der Waals surface area contributed by atoms with Crippen molar-refractivity contribution in [1.29, 1.82) is 0 Å². The molecule has 0 aliphatic carbocycles. The van der Waals surface area contributed by atoms with E-state index in [0.29, 0.717) is 11.7 Å². The molecule has 0 amide bonds. The first-order chi connectivity index (χ1) is 12.1. The van der Waals surface area contributed by atoms with Gasteiger partial charge in [-0.05, 0) is 53.6 Å². The fraction of sp³-hybridized carbons (Fsp3) is 0.167. The Labute approximate surface area is 156 Å². The van der Waals surface area contributed by atoms with Crippen LogP contribution >= 0.6 is 23.8 Å². The monoisotopic (exact) mass is 369 g/mol. The largest absolute Gasteiger partial charge is 0.378 e. The van der Waals surface area contributed by atoms with Crippen LogP contribution in [-0.4, -0.2) is 28.8 Å². The van der Waals surface area contributed by atoms with Gasteiger partial charge in [0.15, 0.2) is 5.11 Å². The fourth-order valence-corrected chi connectivity index (χ4v) is 2.94. The molecular formula is C18H19N5S2. The summed E-state index contributed by atoms with van der Waals surface area (Å²) in [7, 11) is 4.04. The zero-order valence-electron chi connectivity index (χ0n) is 14.1. The second-order valence-electron chi connectivity index (χ2n) is 5.74. The third-order valence-electron chi connectivity index (χ3n) is 3.70. The molecule has 0 saturated heterocycles. The topological polar surface area (TPSA) is 53.1 Å². The lowest BCUT2D eigenvalue weighted by atomic mass is 10.1. The van der Waals surface area contributed by atoms with Gasteiger partial charge in [0.05, 0.1) is 0 Å². The van der Waals surface area contributed by atoms with Gasteiger partial charge in [-0.1, -0.05) is 28.8 Å². The molecule has 0 unspecified atom stereocenters. The van der Waals surface area contributed by atoms with E-state index in [4.69, 9.17) is 12.2 Å². The lowest BCUT2D eigenvalue weighted by Crippen LogP contribution is -2.27. The second kappa shape index (κ2) is 8.04. The van der Waals surface area contributed by atoms with Crippen LogP contribution < -0.4 is 15.5 Å². The van der Waals surface area contributed by atoms with Crippen LogP contribution in [0.5, 0.6) is 0 Å². The number of nitrogens with one attached hydrogen (secondary N) is 2. The van der Waals surface area contributed by atoms with E-state index in [0.717, 1.165) is 28.2 Å². The van der Waals surface area contributed by atoms with E-state index in [-0.39, 0.29) is 0 Å². The van der Waals surface area contributed by atoms with Crippen molar-refractivity contribution in [3.05, 3.63) is 59.5 Å². The van der Waals surface area contributed by atoms with Crippen LogP contribution in [-0.2, 0) is 6.54 Å². The van der Waals surface area contributed by atoms with Crippen molar-refractivity contribution in [1.82, 2.24) is 14.9 Å². The van der Waals surface area contributed by atoms with Crippen LogP contribution in [0.2, 0.25) is 0 Å². The molecule has 0 spiro atoms. The van der Waals surface area contributed by atoms with Crippen molar-refractivity contribution in [2.45, 2.75) is 6.54 Å². The fourth-order valence-electron chi connectivity index (χ4n) is 2.28. The van der Waals surface area contributed by atoms with Gasteiger partial charge in [0.25, 0.3) is 0 Å². The molecule has 7 heteroatoms. The van der Waals surface area contributed by atoms with Gasteiger partial charge in [0.2, 0.25) is 0 Å². The number of hydrogen-bond donors (Lipinski definition) is 2. The molecule has 3 aromatic rings. The van der Waals surface area contributed by atoms with Crippen molar-refractivity contribution < 1.29 is 0 Å². The molecule has 2 N–H and O–H groups in total. The summed E-state index contributed by atoms with van der Waals surface area (Å²) < 4.78 is 3.89. The van der Waals surface area contributed by atoms with Gasteiger partial charge in [-0.15, -0.1) is 5.10 Å². The maximum absolute atomic E-state index is 5.36. The van der Waals surface area contributed by atoms with Crippen LogP contribution in [0.25, 0.3) is 11.3 Å². The predicted molar refractivity (Wildman–Crippen MR) is 109 cm³/mol. The molecule has 0 aliphatic heterocycles. The molecule has 0 bridgehead atoms. The standard InChI is InChI=1S/C18H19N5S2/c1-23(2)16-9-7-15(8-10-16)20-18(24)19-11-13-3-5-14(6-4-13)17-12-25-22-21-17/h3-10,12H,11H2,1-2H3,(H2,19,20,24). The number of anilines is 2. The van der Waals surface area contributed by atoms with Crippen molar-refractivity contribution in [2.24, 2.45) is 0 Å². The summed E-state index contributed by atoms with van der Waals surface area (Å²) in [5, 5.41) is 13.0. The zero-order valence-corrected chi connectivity index (χ0v) is 15.7. The highest BCUT2D eigenvalue weighted by molar-refractivity contribution is 7.80. The van der Waals surface area contributed by atoms with Crippen LogP contribution in [0.4, 0.5) is 11.4 Å². The minimum absolute atomic E-state index is 0.602. The Hall–Kier alpha value is -2.51. The van der Waals surface area contributed by atoms with Gasteiger partial charge >= 0.3 is 0 Å². The van der Waals surface area contributed by atoms with Crippen molar-refractivity contribution in [3.8, 4) is 11.3 Å². The normalized spacial score (nSPS) is 10.3. The van der Waals surface area contributed by atoms with E-state index in [9.17, 15) is 0 Å². The molecule has 3 rings (SSSR count). The average Bonchev–Trinajstić information content (AvgIpc) is 3.15. The van der Waals surface area contributed by atoms with E-state index in [1.54, 1.807) is 0 Å². The van der Waals surface area contributed by atoms with E-state index in [2.05, 4.69) is 49.4 Å². The third kappa shape index (κ3) is 4.74. The summed E-state index contributed by atoms with van der Waals surface area (Å²) in [6, 6.07) is 16.4. The van der Waals surface area contributed by atoms with Gasteiger partial charge in [-0.2, -0.15) is 0 Å². The number of aromatic nitrogens is 2. The van der Waals surface area contributed by atoms with Crippen LogP contribution in [0.3, 0.4) is 0 Å². The van der Waals surface area contributed by atoms with Gasteiger partial charge in [-0.25, -0.2) is 0 Å². The molecular weight excluding hydrogens is 350 g/mol. The van der Waals surface area contributed by atoms with Crippen LogP contribution in [0.1, 0.15) is 5.56 Å². The van der Waals surface area contributed by atoms with Crippen molar-refractivity contribution in [3.63, 3.8) is 0 Å². The molecule has 1 heterocycles. The number of thiocarbonyl (C=S) groups is 1. The minimum atomic E-state index is 0.602. The molecule has 25 heavy (non-hydrogen) atoms. The summed E-state index contributed by atoms with van der Waals surface area (Å²) in [5.74, 6) is 0. The van der Waals surface area contributed by atoms with Crippen LogP contribution in [0, 0.1) is 0 Å². The molecule has 1 aromatic heterocycles. The lowest BCUT2D eigenvalue weighted by molar-refractivity contribution is 0.926. The molecule has 2 aromatic carbocycles. The highest BCUT2D eigenvalue weighted by atomic mass is 32.1. The SMILES string of the molecule is CN(C)c1ccc(NC(=S)NCc2ccc(-c3csnn3)cc2)cc1. The Balaban J connectivity index is 1.52. The van der Waals surface area contributed by atoms with Crippen molar-refractivity contribution >= 4 is 40.2 Å². The molecule has 128 valence electrons. The summed E-state index contributed by atoms with van der Waals surface area (Å²) in [4.78, 5) is 2.06. The maximum atomic E-state index is 5.36. The Morgan fingerprint density at radius 3 is 2.40 bits per heavy atom. The van der Waals surface area contributed by atoms with E-state index in [1.807, 2.05) is 43.7 Å². The Morgan fingerprint density at radius 1 is 1.08 bits per heavy atom. The number of benzene rings is 2. The van der Waals surface area contributed by atoms with Crippen molar-refractivity contribution in [2.75, 3.05) is 24.3 Å². The highest BCUT2D eigenvalue weighted by Gasteiger charge is 2.02. The quantitative estimate of drug-likeness (QED) is 0.668. The minimum Gasteiger partial charge on any atom is -0.378 e. The summed E-state index contributed by atoms with van der Waals surface area (Å²) in [6.45, 7) is 0.664. The molecule has 0 fully saturated rings. The number of rotatable bonds is 5. The van der Waals surface area contributed by atoms with Gasteiger partial charge in [0, 0.05) is 43.0 Å². The Kier molecular flexibility index (Phi) is 5.57.